The maximum atomic E-state index is 13.5. The Balaban J connectivity index is 1.46. The zero-order chi connectivity index (χ0) is 22.7. The van der Waals surface area contributed by atoms with Crippen molar-refractivity contribution in [3.05, 3.63) is 59.7 Å². The number of nitrogens with zero attached hydrogens (tertiary/aromatic N) is 5. The molecule has 2 aliphatic heterocycles. The van der Waals surface area contributed by atoms with E-state index in [9.17, 15) is 14.4 Å². The normalized spacial score (nSPS) is 18.5. The van der Waals surface area contributed by atoms with E-state index >= 15 is 0 Å². The minimum atomic E-state index is -0.501. The number of carbonyl (C=O) groups excluding carboxylic acids is 3. The molecule has 32 heavy (non-hydrogen) atoms. The summed E-state index contributed by atoms with van der Waals surface area (Å²) >= 11 is 0. The maximum Gasteiger partial charge on any atom is 0.274 e. The first-order valence-electron chi connectivity index (χ1n) is 11.1. The summed E-state index contributed by atoms with van der Waals surface area (Å²) in [4.78, 5) is 52.4. The van der Waals surface area contributed by atoms with Crippen LogP contribution in [0.4, 0.5) is 0 Å². The van der Waals surface area contributed by atoms with Crippen LogP contribution in [0.3, 0.4) is 0 Å². The van der Waals surface area contributed by atoms with Crippen LogP contribution in [-0.4, -0.2) is 74.6 Å². The second-order valence-electron chi connectivity index (χ2n) is 8.82. The second kappa shape index (κ2) is 9.46. The van der Waals surface area contributed by atoms with Crippen LogP contribution >= 0.6 is 0 Å². The van der Waals surface area contributed by atoms with E-state index in [4.69, 9.17) is 0 Å². The molecule has 8 heteroatoms. The first kappa shape index (κ1) is 21.9. The minimum absolute atomic E-state index is 0.0179. The Morgan fingerprint density at radius 3 is 2.34 bits per heavy atom. The Hall–Kier alpha value is -3.29. The van der Waals surface area contributed by atoms with Gasteiger partial charge in [0, 0.05) is 58.0 Å². The number of benzene rings is 1. The zero-order valence-corrected chi connectivity index (χ0v) is 18.6. The van der Waals surface area contributed by atoms with Crippen LogP contribution in [0, 0.1) is 5.92 Å². The summed E-state index contributed by atoms with van der Waals surface area (Å²) in [6.45, 7) is 6.24. The average Bonchev–Trinajstić information content (AvgIpc) is 2.82. The van der Waals surface area contributed by atoms with E-state index in [1.165, 1.54) is 18.6 Å². The summed E-state index contributed by atoms with van der Waals surface area (Å²) in [7, 11) is 0. The van der Waals surface area contributed by atoms with Crippen LogP contribution in [0.15, 0.2) is 42.9 Å². The molecule has 0 spiro atoms. The van der Waals surface area contributed by atoms with Gasteiger partial charge in [0.15, 0.2) is 0 Å². The summed E-state index contributed by atoms with van der Waals surface area (Å²) in [5.41, 5.74) is 2.53. The van der Waals surface area contributed by atoms with Gasteiger partial charge in [0.05, 0.1) is 6.20 Å². The van der Waals surface area contributed by atoms with Crippen molar-refractivity contribution >= 4 is 17.7 Å². The van der Waals surface area contributed by atoms with Crippen LogP contribution in [0.2, 0.25) is 0 Å². The third-order valence-corrected chi connectivity index (χ3v) is 6.10. The van der Waals surface area contributed by atoms with Gasteiger partial charge in [0.1, 0.15) is 11.7 Å². The molecule has 1 unspecified atom stereocenters. The first-order chi connectivity index (χ1) is 15.4. The van der Waals surface area contributed by atoms with Crippen molar-refractivity contribution in [1.29, 1.82) is 0 Å². The molecular weight excluding hydrogens is 406 g/mol. The maximum absolute atomic E-state index is 13.5. The molecule has 1 saturated heterocycles. The van der Waals surface area contributed by atoms with Crippen LogP contribution in [0.25, 0.3) is 0 Å². The Morgan fingerprint density at radius 1 is 1.00 bits per heavy atom. The molecular formula is C24H29N5O3. The van der Waals surface area contributed by atoms with Gasteiger partial charge in [-0.15, -0.1) is 0 Å². The smallest absolute Gasteiger partial charge is 0.274 e. The highest BCUT2D eigenvalue weighted by Gasteiger charge is 2.38. The van der Waals surface area contributed by atoms with E-state index < -0.39 is 6.04 Å². The topological polar surface area (TPSA) is 86.7 Å². The van der Waals surface area contributed by atoms with E-state index in [1.807, 2.05) is 38.1 Å². The molecule has 168 valence electrons. The minimum Gasteiger partial charge on any atom is -0.337 e. The van der Waals surface area contributed by atoms with Crippen LogP contribution in [-0.2, 0) is 22.6 Å². The van der Waals surface area contributed by atoms with Gasteiger partial charge in [-0.05, 0) is 17.0 Å². The molecule has 1 aromatic carbocycles. The van der Waals surface area contributed by atoms with Crippen molar-refractivity contribution < 1.29 is 14.4 Å². The fourth-order valence-corrected chi connectivity index (χ4v) is 4.38. The number of aromatic nitrogens is 2. The van der Waals surface area contributed by atoms with Gasteiger partial charge >= 0.3 is 0 Å². The Bertz CT molecular complexity index is 986. The molecule has 0 aliphatic carbocycles. The largest absolute Gasteiger partial charge is 0.337 e. The Kier molecular flexibility index (Phi) is 6.48. The van der Waals surface area contributed by atoms with Gasteiger partial charge in [-0.2, -0.15) is 0 Å². The SMILES string of the molecule is CC(C)CC(=O)N1Cc2ccccc2CC1C(=O)N1CCN(C(=O)c2cnccn2)CC1. The molecule has 3 amide bonds. The lowest BCUT2D eigenvalue weighted by Gasteiger charge is -2.41. The molecule has 3 heterocycles. The van der Waals surface area contributed by atoms with E-state index in [1.54, 1.807) is 14.7 Å². The number of piperazine rings is 1. The van der Waals surface area contributed by atoms with Gasteiger partial charge in [-0.25, -0.2) is 4.98 Å². The van der Waals surface area contributed by atoms with Crippen molar-refractivity contribution in [3.63, 3.8) is 0 Å². The molecule has 1 aromatic heterocycles. The highest BCUT2D eigenvalue weighted by Crippen LogP contribution is 2.26. The van der Waals surface area contributed by atoms with Crippen molar-refractivity contribution in [1.82, 2.24) is 24.7 Å². The highest BCUT2D eigenvalue weighted by atomic mass is 16.2. The van der Waals surface area contributed by atoms with Crippen LogP contribution < -0.4 is 0 Å². The van der Waals surface area contributed by atoms with Crippen molar-refractivity contribution in [2.75, 3.05) is 26.2 Å². The molecule has 0 bridgehead atoms. The molecule has 2 aliphatic rings. The number of amides is 3. The van der Waals surface area contributed by atoms with E-state index in [-0.39, 0.29) is 23.6 Å². The first-order valence-corrected chi connectivity index (χ1v) is 11.1. The van der Waals surface area contributed by atoms with Gasteiger partial charge < -0.3 is 14.7 Å². The lowest BCUT2D eigenvalue weighted by Crippen LogP contribution is -2.58. The fraction of sp³-hybridized carbons (Fsp3) is 0.458. The summed E-state index contributed by atoms with van der Waals surface area (Å²) in [6.07, 6.45) is 5.43. The quantitative estimate of drug-likeness (QED) is 0.730. The number of carbonyl (C=O) groups is 3. The van der Waals surface area contributed by atoms with Gasteiger partial charge in [0.2, 0.25) is 11.8 Å². The molecule has 4 rings (SSSR count). The van der Waals surface area contributed by atoms with E-state index in [0.717, 1.165) is 11.1 Å². The van der Waals surface area contributed by atoms with Crippen molar-refractivity contribution in [2.45, 2.75) is 39.3 Å². The second-order valence-corrected chi connectivity index (χ2v) is 8.82. The average molecular weight is 436 g/mol. The van der Waals surface area contributed by atoms with Crippen LogP contribution in [0.1, 0.15) is 41.9 Å². The highest BCUT2D eigenvalue weighted by molar-refractivity contribution is 5.92. The predicted molar refractivity (Wildman–Crippen MR) is 118 cm³/mol. The molecule has 0 N–H and O–H groups in total. The van der Waals surface area contributed by atoms with Crippen molar-refractivity contribution in [2.24, 2.45) is 5.92 Å². The monoisotopic (exact) mass is 435 g/mol. The number of hydrogen-bond donors (Lipinski definition) is 0. The molecule has 1 fully saturated rings. The standard InChI is InChI=1S/C24H29N5O3/c1-17(2)13-22(30)29-16-19-6-4-3-5-18(19)14-21(29)24(32)28-11-9-27(10-12-28)23(31)20-15-25-7-8-26-20/h3-8,15,17,21H,9-14,16H2,1-2H3. The zero-order valence-electron chi connectivity index (χ0n) is 18.6. The van der Waals surface area contributed by atoms with E-state index in [2.05, 4.69) is 9.97 Å². The number of rotatable bonds is 4. The Labute approximate surface area is 188 Å². The third-order valence-electron chi connectivity index (χ3n) is 6.10. The lowest BCUT2D eigenvalue weighted by atomic mass is 9.92. The van der Waals surface area contributed by atoms with Crippen LogP contribution in [0.5, 0.6) is 0 Å². The summed E-state index contributed by atoms with van der Waals surface area (Å²) in [5.74, 6) is 0.0316. The molecule has 1 atom stereocenters. The molecule has 0 saturated carbocycles. The summed E-state index contributed by atoms with van der Waals surface area (Å²) in [6, 6.07) is 7.51. The number of fused-ring (bicyclic) bond motifs is 1. The van der Waals surface area contributed by atoms with Gasteiger partial charge in [0.25, 0.3) is 5.91 Å². The summed E-state index contributed by atoms with van der Waals surface area (Å²) < 4.78 is 0. The van der Waals surface area contributed by atoms with Gasteiger partial charge in [-0.3, -0.25) is 19.4 Å². The predicted octanol–water partition coefficient (Wildman–Crippen LogP) is 1.76. The van der Waals surface area contributed by atoms with Crippen molar-refractivity contribution in [3.8, 4) is 0 Å². The number of hydrogen-bond acceptors (Lipinski definition) is 5. The molecule has 2 aromatic rings. The fourth-order valence-electron chi connectivity index (χ4n) is 4.38. The molecule has 0 radical (unpaired) electrons. The summed E-state index contributed by atoms with van der Waals surface area (Å²) in [5, 5.41) is 0. The third kappa shape index (κ3) is 4.64. The van der Waals surface area contributed by atoms with Gasteiger partial charge in [-0.1, -0.05) is 38.1 Å². The lowest BCUT2D eigenvalue weighted by molar-refractivity contribution is -0.148. The van der Waals surface area contributed by atoms with E-state index in [0.29, 0.717) is 51.3 Å². The Morgan fingerprint density at radius 2 is 1.69 bits per heavy atom. The molecule has 8 nitrogen and oxygen atoms in total.